The first-order chi connectivity index (χ1) is 13.0. The summed E-state index contributed by atoms with van der Waals surface area (Å²) in [7, 11) is 1.73. The summed E-state index contributed by atoms with van der Waals surface area (Å²) in [6.07, 6.45) is 2.90. The summed E-state index contributed by atoms with van der Waals surface area (Å²) in [6, 6.07) is 6.00. The largest absolute Gasteiger partial charge is 0.343 e. The first kappa shape index (κ1) is 17.4. The van der Waals surface area contributed by atoms with Gasteiger partial charge in [0.1, 0.15) is 11.7 Å². The molecular weight excluding hydrogens is 362 g/mol. The third kappa shape index (κ3) is 3.02. The molecule has 0 radical (unpaired) electrons. The number of nitrogens with zero attached hydrogens (tertiary/aromatic N) is 5. The molecule has 4 aromatic rings. The molecule has 0 aliphatic carbocycles. The lowest BCUT2D eigenvalue weighted by Crippen LogP contribution is -2.24. The highest BCUT2D eigenvalue weighted by Crippen LogP contribution is 2.20. The molecule has 27 heavy (non-hydrogen) atoms. The van der Waals surface area contributed by atoms with Gasteiger partial charge in [-0.05, 0) is 31.4 Å². The number of carbonyl (C=O) groups is 1. The van der Waals surface area contributed by atoms with Gasteiger partial charge in [-0.2, -0.15) is 5.10 Å². The van der Waals surface area contributed by atoms with Gasteiger partial charge in [-0.1, -0.05) is 6.07 Å². The molecule has 0 amide bonds. The lowest BCUT2D eigenvalue weighted by Gasteiger charge is -2.09. The molecule has 138 valence electrons. The van der Waals surface area contributed by atoms with E-state index in [4.69, 9.17) is 0 Å². The Morgan fingerprint density at radius 3 is 2.85 bits per heavy atom. The third-order valence-corrected chi connectivity index (χ3v) is 5.66. The summed E-state index contributed by atoms with van der Waals surface area (Å²) in [5.74, 6) is -0.104. The molecule has 0 saturated carbocycles. The highest BCUT2D eigenvalue weighted by Gasteiger charge is 2.18. The second-order valence-corrected chi connectivity index (χ2v) is 7.59. The Labute approximate surface area is 159 Å². The predicted octanol–water partition coefficient (Wildman–Crippen LogP) is 2.54. The van der Waals surface area contributed by atoms with Crippen molar-refractivity contribution in [2.45, 2.75) is 26.9 Å². The Morgan fingerprint density at radius 1 is 1.30 bits per heavy atom. The summed E-state index contributed by atoms with van der Waals surface area (Å²) in [5, 5.41) is 6.51. The molecule has 7 nitrogen and oxygen atoms in total. The third-order valence-electron chi connectivity index (χ3n) is 4.80. The zero-order valence-electron chi connectivity index (χ0n) is 15.3. The number of aromatic nitrogens is 5. The Bertz CT molecular complexity index is 1200. The van der Waals surface area contributed by atoms with Crippen LogP contribution >= 0.6 is 11.3 Å². The van der Waals surface area contributed by atoms with E-state index in [1.165, 1.54) is 22.0 Å². The van der Waals surface area contributed by atoms with Crippen LogP contribution < -0.4 is 5.56 Å². The summed E-state index contributed by atoms with van der Waals surface area (Å²) >= 11 is 1.69. The van der Waals surface area contributed by atoms with Gasteiger partial charge in [-0.25, -0.2) is 4.98 Å². The minimum atomic E-state index is -0.256. The van der Waals surface area contributed by atoms with Crippen LogP contribution in [0.2, 0.25) is 0 Å². The molecule has 0 saturated heterocycles. The summed E-state index contributed by atoms with van der Waals surface area (Å²) in [5.41, 5.74) is 2.83. The van der Waals surface area contributed by atoms with E-state index in [1.54, 1.807) is 23.1 Å². The van der Waals surface area contributed by atoms with Crippen molar-refractivity contribution in [3.05, 3.63) is 68.3 Å². The van der Waals surface area contributed by atoms with Gasteiger partial charge in [-0.15, -0.1) is 11.3 Å². The van der Waals surface area contributed by atoms with Crippen LogP contribution in [0.4, 0.5) is 0 Å². The van der Waals surface area contributed by atoms with E-state index in [9.17, 15) is 9.59 Å². The van der Waals surface area contributed by atoms with Gasteiger partial charge in [0, 0.05) is 28.9 Å². The van der Waals surface area contributed by atoms with Crippen molar-refractivity contribution >= 4 is 28.2 Å². The summed E-state index contributed by atoms with van der Waals surface area (Å²) < 4.78 is 5.02. The molecule has 4 aromatic heterocycles. The normalized spacial score (nSPS) is 11.4. The van der Waals surface area contributed by atoms with Gasteiger partial charge in [-0.3, -0.25) is 18.8 Å². The number of rotatable bonds is 5. The van der Waals surface area contributed by atoms with E-state index in [2.05, 4.69) is 20.7 Å². The standard InChI is InChI=1S/C19H19N5O2S/c1-12-7-15(13(2)24(12)9-14-5-4-6-27-14)17(25)10-23-11-20-18-16(19(23)26)8-21-22(18)3/h4-8,11H,9-10H2,1-3H3. The highest BCUT2D eigenvalue weighted by molar-refractivity contribution is 7.09. The van der Waals surface area contributed by atoms with E-state index in [0.717, 1.165) is 17.9 Å². The predicted molar refractivity (Wildman–Crippen MR) is 104 cm³/mol. The Hall–Kier alpha value is -3.00. The smallest absolute Gasteiger partial charge is 0.264 e. The Morgan fingerprint density at radius 2 is 2.11 bits per heavy atom. The molecule has 0 aliphatic rings. The minimum absolute atomic E-state index is 0.0417. The average molecular weight is 381 g/mol. The van der Waals surface area contributed by atoms with Crippen LogP contribution in [-0.4, -0.2) is 29.7 Å². The molecule has 4 heterocycles. The molecule has 0 bridgehead atoms. The van der Waals surface area contributed by atoms with Crippen LogP contribution in [-0.2, 0) is 20.1 Å². The molecule has 0 atom stereocenters. The second kappa shape index (κ2) is 6.62. The molecule has 4 rings (SSSR count). The molecule has 0 aromatic carbocycles. The van der Waals surface area contributed by atoms with Crippen LogP contribution in [0.3, 0.4) is 0 Å². The molecule has 0 fully saturated rings. The van der Waals surface area contributed by atoms with E-state index in [1.807, 2.05) is 31.4 Å². The van der Waals surface area contributed by atoms with Crippen LogP contribution in [0, 0.1) is 13.8 Å². The van der Waals surface area contributed by atoms with Crippen LogP contribution in [0.15, 0.2) is 40.9 Å². The minimum Gasteiger partial charge on any atom is -0.343 e. The van der Waals surface area contributed by atoms with Crippen molar-refractivity contribution in [2.24, 2.45) is 7.05 Å². The Balaban J connectivity index is 1.64. The van der Waals surface area contributed by atoms with Crippen molar-refractivity contribution in [1.82, 2.24) is 23.9 Å². The average Bonchev–Trinajstić information content (AvgIpc) is 3.35. The highest BCUT2D eigenvalue weighted by atomic mass is 32.1. The SMILES string of the molecule is Cc1cc(C(=O)Cn2cnc3c(cnn3C)c2=O)c(C)n1Cc1cccs1. The van der Waals surface area contributed by atoms with Crippen molar-refractivity contribution in [3.8, 4) is 0 Å². The number of ketones is 1. The molecule has 0 spiro atoms. The van der Waals surface area contributed by atoms with Crippen molar-refractivity contribution in [3.63, 3.8) is 0 Å². The van der Waals surface area contributed by atoms with Gasteiger partial charge in [0.15, 0.2) is 11.4 Å². The van der Waals surface area contributed by atoms with Crippen molar-refractivity contribution in [2.75, 3.05) is 0 Å². The van der Waals surface area contributed by atoms with Crippen LogP contribution in [0.25, 0.3) is 11.0 Å². The molecule has 8 heteroatoms. The zero-order valence-corrected chi connectivity index (χ0v) is 16.2. The summed E-state index contributed by atoms with van der Waals surface area (Å²) in [4.78, 5) is 31.0. The topological polar surface area (TPSA) is 74.7 Å². The number of hydrogen-bond acceptors (Lipinski definition) is 5. The van der Waals surface area contributed by atoms with Crippen LogP contribution in [0.5, 0.6) is 0 Å². The van der Waals surface area contributed by atoms with Crippen molar-refractivity contribution in [1.29, 1.82) is 0 Å². The van der Waals surface area contributed by atoms with Gasteiger partial charge < -0.3 is 4.57 Å². The number of thiophene rings is 1. The van der Waals surface area contributed by atoms with Gasteiger partial charge >= 0.3 is 0 Å². The van der Waals surface area contributed by atoms with E-state index < -0.39 is 0 Å². The van der Waals surface area contributed by atoms with E-state index in [-0.39, 0.29) is 17.9 Å². The fourth-order valence-corrected chi connectivity index (χ4v) is 4.00. The van der Waals surface area contributed by atoms with Gasteiger partial charge in [0.2, 0.25) is 0 Å². The van der Waals surface area contributed by atoms with Crippen LogP contribution in [0.1, 0.15) is 26.6 Å². The molecular formula is C19H19N5O2S. The Kier molecular flexibility index (Phi) is 4.27. The zero-order chi connectivity index (χ0) is 19.1. The summed E-state index contributed by atoms with van der Waals surface area (Å²) in [6.45, 7) is 4.64. The lowest BCUT2D eigenvalue weighted by atomic mass is 10.1. The maximum atomic E-state index is 12.9. The van der Waals surface area contributed by atoms with Crippen molar-refractivity contribution < 1.29 is 4.79 Å². The van der Waals surface area contributed by atoms with Gasteiger partial charge in [0.05, 0.1) is 19.3 Å². The molecule has 0 aliphatic heterocycles. The number of carbonyl (C=O) groups excluding carboxylic acids is 1. The number of hydrogen-bond donors (Lipinski definition) is 0. The first-order valence-electron chi connectivity index (χ1n) is 8.55. The number of Topliss-reactive ketones (excluding diaryl/α,β-unsaturated/α-hetero) is 1. The fraction of sp³-hybridized carbons (Fsp3) is 0.263. The lowest BCUT2D eigenvalue weighted by molar-refractivity contribution is 0.0970. The first-order valence-corrected chi connectivity index (χ1v) is 9.43. The fourth-order valence-electron chi connectivity index (χ4n) is 3.30. The quantitative estimate of drug-likeness (QED) is 0.498. The maximum Gasteiger partial charge on any atom is 0.264 e. The molecule has 0 unspecified atom stereocenters. The monoisotopic (exact) mass is 381 g/mol. The number of aryl methyl sites for hydroxylation is 2. The van der Waals surface area contributed by atoms with E-state index in [0.29, 0.717) is 16.6 Å². The molecule has 0 N–H and O–H groups in total. The maximum absolute atomic E-state index is 12.9. The van der Waals surface area contributed by atoms with E-state index >= 15 is 0 Å². The van der Waals surface area contributed by atoms with Gasteiger partial charge in [0.25, 0.3) is 5.56 Å². The second-order valence-electron chi connectivity index (χ2n) is 6.56. The number of fused-ring (bicyclic) bond motifs is 1.